The lowest BCUT2D eigenvalue weighted by atomic mass is 10.1. The van der Waals surface area contributed by atoms with Crippen LogP contribution in [0.1, 0.15) is 26.3 Å². The molecular weight excluding hydrogens is 358 g/mol. The summed E-state index contributed by atoms with van der Waals surface area (Å²) in [5.41, 5.74) is 1.02. The highest BCUT2D eigenvalue weighted by atomic mass is 32.2. The van der Waals surface area contributed by atoms with E-state index in [0.717, 1.165) is 6.26 Å². The second kappa shape index (κ2) is 8.39. The van der Waals surface area contributed by atoms with Crippen LogP contribution in [0.15, 0.2) is 54.6 Å². The zero-order valence-corrected chi connectivity index (χ0v) is 14.8. The van der Waals surface area contributed by atoms with E-state index in [9.17, 15) is 22.8 Å². The van der Waals surface area contributed by atoms with Crippen LogP contribution < -0.4 is 5.32 Å². The Balaban J connectivity index is 1.86. The van der Waals surface area contributed by atoms with Crippen molar-refractivity contribution in [3.8, 4) is 0 Å². The second-order valence-electron chi connectivity index (χ2n) is 5.59. The first-order chi connectivity index (χ1) is 12.2. The fourth-order valence-electron chi connectivity index (χ4n) is 2.08. The van der Waals surface area contributed by atoms with E-state index in [2.05, 4.69) is 5.32 Å². The molecule has 1 N–H and O–H groups in total. The Hall–Kier alpha value is -3.00. The summed E-state index contributed by atoms with van der Waals surface area (Å²) in [6.07, 6.45) is 1.12. The number of nitrogens with one attached hydrogen (secondary N) is 1. The van der Waals surface area contributed by atoms with E-state index in [1.165, 1.54) is 24.3 Å². The Labute approximate surface area is 150 Å². The number of hydrogen-bond donors (Lipinski definition) is 1. The van der Waals surface area contributed by atoms with Crippen LogP contribution in [0, 0.1) is 0 Å². The van der Waals surface area contributed by atoms with Gasteiger partial charge in [-0.25, -0.2) is 13.2 Å². The largest absolute Gasteiger partial charge is 0.452 e. The molecule has 0 aromatic heterocycles. The molecule has 0 spiro atoms. The summed E-state index contributed by atoms with van der Waals surface area (Å²) in [5.74, 6) is -2.22. The number of imide groups is 1. The van der Waals surface area contributed by atoms with Gasteiger partial charge in [-0.2, -0.15) is 0 Å². The lowest BCUT2D eigenvalue weighted by molar-refractivity contribution is -0.123. The van der Waals surface area contributed by atoms with Crippen molar-refractivity contribution in [2.75, 3.05) is 12.9 Å². The van der Waals surface area contributed by atoms with E-state index in [1.54, 1.807) is 30.3 Å². The zero-order valence-electron chi connectivity index (χ0n) is 14.0. The van der Waals surface area contributed by atoms with Crippen molar-refractivity contribution in [1.82, 2.24) is 5.32 Å². The SMILES string of the molecule is CS(=O)(=O)Cc1ccc(C(=O)OCC(=O)NC(=O)c2ccccc2)cc1. The molecule has 0 aliphatic rings. The maximum atomic E-state index is 11.9. The highest BCUT2D eigenvalue weighted by Gasteiger charge is 2.14. The van der Waals surface area contributed by atoms with Gasteiger partial charge in [-0.3, -0.25) is 14.9 Å². The van der Waals surface area contributed by atoms with Crippen LogP contribution in [0.5, 0.6) is 0 Å². The van der Waals surface area contributed by atoms with Crippen molar-refractivity contribution in [3.63, 3.8) is 0 Å². The maximum absolute atomic E-state index is 11.9. The molecule has 0 bridgehead atoms. The van der Waals surface area contributed by atoms with Gasteiger partial charge in [0, 0.05) is 11.8 Å². The van der Waals surface area contributed by atoms with Crippen molar-refractivity contribution in [2.45, 2.75) is 5.75 Å². The summed E-state index contributed by atoms with van der Waals surface area (Å²) in [6, 6.07) is 14.0. The number of rotatable bonds is 6. The summed E-state index contributed by atoms with van der Waals surface area (Å²) in [7, 11) is -3.17. The van der Waals surface area contributed by atoms with E-state index >= 15 is 0 Å². The van der Waals surface area contributed by atoms with E-state index in [0.29, 0.717) is 11.1 Å². The van der Waals surface area contributed by atoms with Crippen LogP contribution >= 0.6 is 0 Å². The molecular formula is C18H17NO6S. The molecule has 2 aromatic rings. The van der Waals surface area contributed by atoms with Gasteiger partial charge in [-0.15, -0.1) is 0 Å². The molecule has 0 fully saturated rings. The Morgan fingerprint density at radius 3 is 2.12 bits per heavy atom. The van der Waals surface area contributed by atoms with Gasteiger partial charge in [0.25, 0.3) is 11.8 Å². The standard InChI is InChI=1S/C18H17NO6S/c1-26(23,24)12-13-7-9-15(10-8-13)18(22)25-11-16(20)19-17(21)14-5-3-2-4-6-14/h2-10H,11-12H2,1H3,(H,19,20,21). The summed E-state index contributed by atoms with van der Waals surface area (Å²) in [5, 5.41) is 2.12. The molecule has 0 aliphatic heterocycles. The van der Waals surface area contributed by atoms with Crippen molar-refractivity contribution < 1.29 is 27.5 Å². The molecule has 0 heterocycles. The summed E-state index contributed by atoms with van der Waals surface area (Å²) >= 11 is 0. The summed E-state index contributed by atoms with van der Waals surface area (Å²) in [4.78, 5) is 35.4. The topological polar surface area (TPSA) is 107 Å². The number of benzene rings is 2. The molecule has 2 rings (SSSR count). The molecule has 0 saturated carbocycles. The fourth-order valence-corrected chi connectivity index (χ4v) is 2.88. The van der Waals surface area contributed by atoms with Crippen molar-refractivity contribution in [1.29, 1.82) is 0 Å². The molecule has 0 radical (unpaired) electrons. The first-order valence-electron chi connectivity index (χ1n) is 7.57. The Morgan fingerprint density at radius 1 is 0.923 bits per heavy atom. The molecule has 2 aromatic carbocycles. The van der Waals surface area contributed by atoms with Crippen LogP contribution in [-0.4, -0.2) is 39.1 Å². The van der Waals surface area contributed by atoms with Crippen molar-refractivity contribution >= 4 is 27.6 Å². The van der Waals surface area contributed by atoms with Gasteiger partial charge < -0.3 is 4.74 Å². The van der Waals surface area contributed by atoms with E-state index in [4.69, 9.17) is 4.74 Å². The first-order valence-corrected chi connectivity index (χ1v) is 9.64. The number of carbonyl (C=O) groups is 3. The van der Waals surface area contributed by atoms with Crippen LogP contribution in [0.4, 0.5) is 0 Å². The minimum absolute atomic E-state index is 0.133. The molecule has 26 heavy (non-hydrogen) atoms. The number of carbonyl (C=O) groups excluding carboxylic acids is 3. The Morgan fingerprint density at radius 2 is 1.54 bits per heavy atom. The molecule has 136 valence electrons. The van der Waals surface area contributed by atoms with Gasteiger partial charge in [-0.05, 0) is 29.8 Å². The Kier molecular flexibility index (Phi) is 6.24. The highest BCUT2D eigenvalue weighted by molar-refractivity contribution is 7.89. The summed E-state index contributed by atoms with van der Waals surface area (Å²) in [6.45, 7) is -0.609. The predicted octanol–water partition coefficient (Wildman–Crippen LogP) is 1.34. The minimum Gasteiger partial charge on any atom is -0.452 e. The molecule has 0 unspecified atom stereocenters. The van der Waals surface area contributed by atoms with Gasteiger partial charge in [-0.1, -0.05) is 30.3 Å². The first kappa shape index (κ1) is 19.3. The number of hydrogen-bond acceptors (Lipinski definition) is 6. The third-order valence-electron chi connectivity index (χ3n) is 3.24. The van der Waals surface area contributed by atoms with Crippen LogP contribution in [0.3, 0.4) is 0 Å². The molecule has 8 heteroatoms. The Bertz CT molecular complexity index is 904. The molecule has 0 aliphatic carbocycles. The third-order valence-corrected chi connectivity index (χ3v) is 4.10. The van der Waals surface area contributed by atoms with Gasteiger partial charge in [0.1, 0.15) is 0 Å². The van der Waals surface area contributed by atoms with Crippen LogP contribution in [0.2, 0.25) is 0 Å². The van der Waals surface area contributed by atoms with Crippen LogP contribution in [-0.2, 0) is 25.1 Å². The zero-order chi connectivity index (χ0) is 19.2. The molecule has 0 saturated heterocycles. The smallest absolute Gasteiger partial charge is 0.338 e. The third kappa shape index (κ3) is 6.14. The maximum Gasteiger partial charge on any atom is 0.338 e. The number of ether oxygens (including phenoxy) is 1. The monoisotopic (exact) mass is 375 g/mol. The predicted molar refractivity (Wildman–Crippen MR) is 94.2 cm³/mol. The van der Waals surface area contributed by atoms with Crippen LogP contribution in [0.25, 0.3) is 0 Å². The fraction of sp³-hybridized carbons (Fsp3) is 0.167. The summed E-state index contributed by atoms with van der Waals surface area (Å²) < 4.78 is 27.3. The van der Waals surface area contributed by atoms with Crippen molar-refractivity contribution in [3.05, 3.63) is 71.3 Å². The van der Waals surface area contributed by atoms with Gasteiger partial charge in [0.15, 0.2) is 16.4 Å². The normalized spacial score (nSPS) is 10.8. The second-order valence-corrected chi connectivity index (χ2v) is 7.73. The average Bonchev–Trinajstić information content (AvgIpc) is 2.59. The van der Waals surface area contributed by atoms with E-state index < -0.39 is 34.2 Å². The average molecular weight is 375 g/mol. The van der Waals surface area contributed by atoms with Gasteiger partial charge in [0.2, 0.25) is 0 Å². The molecule has 2 amide bonds. The van der Waals surface area contributed by atoms with Gasteiger partial charge in [0.05, 0.1) is 11.3 Å². The number of amides is 2. The minimum atomic E-state index is -3.17. The lowest BCUT2D eigenvalue weighted by Gasteiger charge is -2.06. The number of esters is 1. The molecule has 7 nitrogen and oxygen atoms in total. The highest BCUT2D eigenvalue weighted by Crippen LogP contribution is 2.09. The lowest BCUT2D eigenvalue weighted by Crippen LogP contribution is -2.34. The quantitative estimate of drug-likeness (QED) is 0.764. The van der Waals surface area contributed by atoms with Gasteiger partial charge >= 0.3 is 5.97 Å². The van der Waals surface area contributed by atoms with Crippen molar-refractivity contribution in [2.24, 2.45) is 0 Å². The number of sulfone groups is 1. The molecule has 0 atom stereocenters. The van der Waals surface area contributed by atoms with E-state index in [1.807, 2.05) is 0 Å². The van der Waals surface area contributed by atoms with E-state index in [-0.39, 0.29) is 11.3 Å².